The van der Waals surface area contributed by atoms with Crippen LogP contribution in [0.4, 0.5) is 5.69 Å². The number of rotatable bonds is 1. The van der Waals surface area contributed by atoms with Crippen molar-refractivity contribution in [3.05, 3.63) is 24.2 Å². The summed E-state index contributed by atoms with van der Waals surface area (Å²) in [7, 11) is 1.88. The molecule has 0 aliphatic carbocycles. The number of nitrogens with zero attached hydrogens (tertiary/aromatic N) is 4. The number of aryl methyl sites for hydroxylation is 2. The molecule has 0 saturated heterocycles. The molecule has 0 atom stereocenters. The number of nitrogens with two attached hydrogens (primary N) is 1. The average Bonchev–Trinajstić information content (AvgIpc) is 2.48. The second kappa shape index (κ2) is 3.10. The highest BCUT2D eigenvalue weighted by atomic mass is 15.3. The normalized spacial score (nSPS) is 10.4. The van der Waals surface area contributed by atoms with E-state index in [1.54, 1.807) is 23.3 Å². The predicted molar refractivity (Wildman–Crippen MR) is 53.4 cm³/mol. The Morgan fingerprint density at radius 1 is 1.21 bits per heavy atom. The maximum Gasteiger partial charge on any atom is 0.0745 e. The van der Waals surface area contributed by atoms with Gasteiger partial charge in [0, 0.05) is 12.6 Å². The van der Waals surface area contributed by atoms with Gasteiger partial charge in [0.05, 0.1) is 30.0 Å². The number of nitrogen functional groups attached to an aromatic ring is 1. The molecular weight excluding hydrogens is 178 g/mol. The minimum absolute atomic E-state index is 0.617. The molecule has 0 amide bonds. The molecule has 2 aromatic heterocycles. The fourth-order valence-electron chi connectivity index (χ4n) is 1.46. The first-order valence-electron chi connectivity index (χ1n) is 4.25. The summed E-state index contributed by atoms with van der Waals surface area (Å²) in [6.45, 7) is 1.99. The Kier molecular flexibility index (Phi) is 1.92. The summed E-state index contributed by atoms with van der Waals surface area (Å²) in [6, 6.07) is 0. The molecule has 5 heteroatoms. The van der Waals surface area contributed by atoms with Gasteiger partial charge in [0.15, 0.2) is 0 Å². The monoisotopic (exact) mass is 189 g/mol. The van der Waals surface area contributed by atoms with E-state index in [1.807, 2.05) is 14.0 Å². The highest BCUT2D eigenvalue weighted by Crippen LogP contribution is 2.25. The van der Waals surface area contributed by atoms with Gasteiger partial charge < -0.3 is 5.73 Å². The van der Waals surface area contributed by atoms with Crippen LogP contribution in [0.5, 0.6) is 0 Å². The first-order valence-corrected chi connectivity index (χ1v) is 4.25. The van der Waals surface area contributed by atoms with Gasteiger partial charge in [-0.2, -0.15) is 15.3 Å². The predicted octanol–water partition coefficient (Wildman–Crippen LogP) is 0.768. The van der Waals surface area contributed by atoms with Crippen LogP contribution in [0, 0.1) is 6.92 Å². The summed E-state index contributed by atoms with van der Waals surface area (Å²) in [4.78, 5) is 0. The van der Waals surface area contributed by atoms with Gasteiger partial charge in [-0.25, -0.2) is 0 Å². The van der Waals surface area contributed by atoms with E-state index in [1.165, 1.54) is 0 Å². The Morgan fingerprint density at radius 3 is 2.50 bits per heavy atom. The molecule has 0 aliphatic rings. The van der Waals surface area contributed by atoms with Gasteiger partial charge in [0.1, 0.15) is 0 Å². The Morgan fingerprint density at radius 2 is 1.93 bits per heavy atom. The molecule has 5 nitrogen and oxygen atoms in total. The third-order valence-corrected chi connectivity index (χ3v) is 2.14. The van der Waals surface area contributed by atoms with Crippen LogP contribution in [0.15, 0.2) is 18.6 Å². The third-order valence-electron chi connectivity index (χ3n) is 2.14. The van der Waals surface area contributed by atoms with Crippen molar-refractivity contribution in [2.24, 2.45) is 7.05 Å². The van der Waals surface area contributed by atoms with Crippen LogP contribution in [0.2, 0.25) is 0 Å². The fourth-order valence-corrected chi connectivity index (χ4v) is 1.46. The molecule has 0 fully saturated rings. The van der Waals surface area contributed by atoms with Crippen LogP contribution in [-0.4, -0.2) is 20.0 Å². The first kappa shape index (κ1) is 8.68. The lowest BCUT2D eigenvalue weighted by molar-refractivity contribution is 0.775. The van der Waals surface area contributed by atoms with Crippen LogP contribution in [0.3, 0.4) is 0 Å². The molecule has 2 N–H and O–H groups in total. The van der Waals surface area contributed by atoms with E-state index in [4.69, 9.17) is 5.73 Å². The smallest absolute Gasteiger partial charge is 0.0745 e. The molecule has 0 unspecified atom stereocenters. The van der Waals surface area contributed by atoms with Crippen molar-refractivity contribution in [1.82, 2.24) is 20.0 Å². The zero-order chi connectivity index (χ0) is 10.1. The second-order valence-corrected chi connectivity index (χ2v) is 3.16. The molecule has 2 rings (SSSR count). The van der Waals surface area contributed by atoms with E-state index in [0.717, 1.165) is 16.8 Å². The molecule has 0 radical (unpaired) electrons. The van der Waals surface area contributed by atoms with E-state index >= 15 is 0 Å². The van der Waals surface area contributed by atoms with Gasteiger partial charge in [0.25, 0.3) is 0 Å². The number of hydrogen-bond donors (Lipinski definition) is 1. The van der Waals surface area contributed by atoms with Gasteiger partial charge >= 0.3 is 0 Å². The Labute approximate surface area is 81.6 Å². The molecular formula is C9H11N5. The van der Waals surface area contributed by atoms with Gasteiger partial charge in [-0.15, -0.1) is 0 Å². The third kappa shape index (κ3) is 1.22. The van der Waals surface area contributed by atoms with Gasteiger partial charge in [0.2, 0.25) is 0 Å². The lowest BCUT2D eigenvalue weighted by Crippen LogP contribution is -1.99. The summed E-state index contributed by atoms with van der Waals surface area (Å²) >= 11 is 0. The highest BCUT2D eigenvalue weighted by Gasteiger charge is 2.10. The second-order valence-electron chi connectivity index (χ2n) is 3.16. The minimum atomic E-state index is 0.617. The van der Waals surface area contributed by atoms with Crippen molar-refractivity contribution in [2.75, 3.05) is 5.73 Å². The van der Waals surface area contributed by atoms with Gasteiger partial charge in [-0.05, 0) is 12.5 Å². The van der Waals surface area contributed by atoms with Crippen molar-refractivity contribution in [1.29, 1.82) is 0 Å². The van der Waals surface area contributed by atoms with Crippen LogP contribution in [0.25, 0.3) is 11.3 Å². The van der Waals surface area contributed by atoms with Crippen LogP contribution < -0.4 is 5.73 Å². The summed E-state index contributed by atoms with van der Waals surface area (Å²) in [5.74, 6) is 0. The maximum absolute atomic E-state index is 5.81. The minimum Gasteiger partial charge on any atom is -0.397 e. The molecule has 0 aromatic carbocycles. The zero-order valence-corrected chi connectivity index (χ0v) is 8.10. The van der Waals surface area contributed by atoms with E-state index < -0.39 is 0 Å². The van der Waals surface area contributed by atoms with Crippen molar-refractivity contribution in [3.63, 3.8) is 0 Å². The lowest BCUT2D eigenvalue weighted by Gasteiger charge is -2.05. The lowest BCUT2D eigenvalue weighted by atomic mass is 10.1. The van der Waals surface area contributed by atoms with E-state index in [-0.39, 0.29) is 0 Å². The van der Waals surface area contributed by atoms with Gasteiger partial charge in [-0.1, -0.05) is 0 Å². The molecule has 0 spiro atoms. The first-order chi connectivity index (χ1) is 6.70. The molecule has 0 saturated carbocycles. The molecule has 0 bridgehead atoms. The summed E-state index contributed by atoms with van der Waals surface area (Å²) < 4.78 is 1.78. The SMILES string of the molecule is Cc1cnn(C)c1-c1cnncc1N. The Balaban J connectivity index is 2.66. The summed E-state index contributed by atoms with van der Waals surface area (Å²) in [5.41, 5.74) is 9.36. The quantitative estimate of drug-likeness (QED) is 0.719. The van der Waals surface area contributed by atoms with Crippen LogP contribution >= 0.6 is 0 Å². The number of hydrogen-bond acceptors (Lipinski definition) is 4. The number of anilines is 1. The maximum atomic E-state index is 5.81. The average molecular weight is 189 g/mol. The Hall–Kier alpha value is -1.91. The van der Waals surface area contributed by atoms with Gasteiger partial charge in [-0.3, -0.25) is 4.68 Å². The van der Waals surface area contributed by atoms with Crippen molar-refractivity contribution >= 4 is 5.69 Å². The van der Waals surface area contributed by atoms with Crippen molar-refractivity contribution in [2.45, 2.75) is 6.92 Å². The largest absolute Gasteiger partial charge is 0.397 e. The highest BCUT2D eigenvalue weighted by molar-refractivity contribution is 5.74. The van der Waals surface area contributed by atoms with E-state index in [0.29, 0.717) is 5.69 Å². The Bertz CT molecular complexity index is 440. The zero-order valence-electron chi connectivity index (χ0n) is 8.10. The van der Waals surface area contributed by atoms with E-state index in [9.17, 15) is 0 Å². The van der Waals surface area contributed by atoms with Crippen molar-refractivity contribution < 1.29 is 0 Å². The molecule has 2 aromatic rings. The molecule has 14 heavy (non-hydrogen) atoms. The molecule has 2 heterocycles. The van der Waals surface area contributed by atoms with Crippen LogP contribution in [0.1, 0.15) is 5.56 Å². The summed E-state index contributed by atoms with van der Waals surface area (Å²) in [5, 5.41) is 11.7. The fraction of sp³-hybridized carbons (Fsp3) is 0.222. The molecule has 0 aliphatic heterocycles. The van der Waals surface area contributed by atoms with E-state index in [2.05, 4.69) is 15.3 Å². The van der Waals surface area contributed by atoms with Crippen LogP contribution in [-0.2, 0) is 7.05 Å². The summed E-state index contributed by atoms with van der Waals surface area (Å²) in [6.07, 6.45) is 5.00. The standard InChI is InChI=1S/C9H11N5/c1-6-3-13-14(2)9(6)7-4-11-12-5-8(7)10/h3-5H,1-2H3,(H2,10,11). The molecule has 72 valence electrons. The van der Waals surface area contributed by atoms with Crippen molar-refractivity contribution in [3.8, 4) is 11.3 Å². The number of aromatic nitrogens is 4. The topological polar surface area (TPSA) is 69.6 Å².